The largest absolute Gasteiger partial charge is 0.385 e. The zero-order valence-corrected chi connectivity index (χ0v) is 11.6. The molecule has 110 valence electrons. The summed E-state index contributed by atoms with van der Waals surface area (Å²) < 4.78 is 26.3. The lowest BCUT2D eigenvalue weighted by Crippen LogP contribution is -2.13. The molecule has 0 heterocycles. The third kappa shape index (κ3) is 4.02. The van der Waals surface area contributed by atoms with E-state index in [9.17, 15) is 13.6 Å². The quantitative estimate of drug-likeness (QED) is 0.872. The Hall–Kier alpha value is -2.43. The van der Waals surface area contributed by atoms with Crippen LogP contribution in [-0.2, 0) is 0 Å². The van der Waals surface area contributed by atoms with Crippen molar-refractivity contribution in [3.63, 3.8) is 0 Å². The Balaban J connectivity index is 2.06. The first kappa shape index (κ1) is 15.0. The Labute approximate surface area is 122 Å². The lowest BCUT2D eigenvalue weighted by molar-refractivity contribution is 0.102. The van der Waals surface area contributed by atoms with Crippen LogP contribution in [0.4, 0.5) is 20.2 Å². The molecular weight excluding hydrogens is 274 g/mol. The normalized spacial score (nSPS) is 10.2. The van der Waals surface area contributed by atoms with Crippen molar-refractivity contribution in [2.45, 2.75) is 13.3 Å². The number of benzene rings is 2. The van der Waals surface area contributed by atoms with E-state index in [1.165, 1.54) is 6.07 Å². The van der Waals surface area contributed by atoms with E-state index in [0.717, 1.165) is 30.8 Å². The van der Waals surface area contributed by atoms with Crippen LogP contribution in [-0.4, -0.2) is 12.5 Å². The van der Waals surface area contributed by atoms with Crippen molar-refractivity contribution in [2.24, 2.45) is 0 Å². The van der Waals surface area contributed by atoms with Gasteiger partial charge in [0, 0.05) is 23.9 Å². The van der Waals surface area contributed by atoms with E-state index in [2.05, 4.69) is 17.6 Å². The van der Waals surface area contributed by atoms with E-state index in [0.29, 0.717) is 5.56 Å². The number of halogens is 2. The minimum Gasteiger partial charge on any atom is -0.385 e. The standard InChI is InChI=1S/C16H16F2N2O/c1-2-9-19-13-6-3-11(4-7-13)16(21)20-15-8-5-12(17)10-14(15)18/h3-8,10,19H,2,9H2,1H3,(H,20,21). The highest BCUT2D eigenvalue weighted by molar-refractivity contribution is 6.04. The SMILES string of the molecule is CCCNc1ccc(C(=O)Nc2ccc(F)cc2F)cc1. The summed E-state index contributed by atoms with van der Waals surface area (Å²) >= 11 is 0. The van der Waals surface area contributed by atoms with Crippen molar-refractivity contribution in [1.82, 2.24) is 0 Å². The summed E-state index contributed by atoms with van der Waals surface area (Å²) in [6.07, 6.45) is 1.01. The Morgan fingerprint density at radius 2 is 1.81 bits per heavy atom. The molecular formula is C16H16F2N2O. The van der Waals surface area contributed by atoms with Crippen LogP contribution in [0.25, 0.3) is 0 Å². The van der Waals surface area contributed by atoms with Crippen molar-refractivity contribution in [3.8, 4) is 0 Å². The summed E-state index contributed by atoms with van der Waals surface area (Å²) in [7, 11) is 0. The van der Waals surface area contributed by atoms with Gasteiger partial charge < -0.3 is 10.6 Å². The molecule has 2 aromatic rings. The first-order valence-electron chi connectivity index (χ1n) is 6.70. The minimum absolute atomic E-state index is 0.0467. The minimum atomic E-state index is -0.801. The lowest BCUT2D eigenvalue weighted by atomic mass is 10.2. The van der Waals surface area contributed by atoms with Gasteiger partial charge in [-0.1, -0.05) is 6.92 Å². The van der Waals surface area contributed by atoms with Gasteiger partial charge in [0.15, 0.2) is 0 Å². The zero-order chi connectivity index (χ0) is 15.2. The fourth-order valence-electron chi connectivity index (χ4n) is 1.79. The Morgan fingerprint density at radius 3 is 2.43 bits per heavy atom. The molecule has 0 saturated heterocycles. The van der Waals surface area contributed by atoms with Gasteiger partial charge in [-0.2, -0.15) is 0 Å². The Kier molecular flexibility index (Phi) is 4.87. The summed E-state index contributed by atoms with van der Waals surface area (Å²) in [6, 6.07) is 9.88. The lowest BCUT2D eigenvalue weighted by Gasteiger charge is -2.08. The summed E-state index contributed by atoms with van der Waals surface area (Å²) in [6.45, 7) is 2.92. The van der Waals surface area contributed by atoms with E-state index in [-0.39, 0.29) is 5.69 Å². The molecule has 0 spiro atoms. The van der Waals surface area contributed by atoms with E-state index in [4.69, 9.17) is 0 Å². The van der Waals surface area contributed by atoms with E-state index >= 15 is 0 Å². The van der Waals surface area contributed by atoms with Crippen molar-refractivity contribution < 1.29 is 13.6 Å². The fraction of sp³-hybridized carbons (Fsp3) is 0.188. The molecule has 0 saturated carbocycles. The third-order valence-corrected chi connectivity index (χ3v) is 2.91. The molecule has 0 fully saturated rings. The molecule has 0 atom stereocenters. The van der Waals surface area contributed by atoms with Crippen LogP contribution in [0.1, 0.15) is 23.7 Å². The maximum Gasteiger partial charge on any atom is 0.255 e. The molecule has 1 amide bonds. The van der Waals surface area contributed by atoms with Crippen LogP contribution >= 0.6 is 0 Å². The number of carbonyl (C=O) groups excluding carboxylic acids is 1. The molecule has 0 aliphatic carbocycles. The number of carbonyl (C=O) groups is 1. The number of rotatable bonds is 5. The van der Waals surface area contributed by atoms with Crippen LogP contribution in [0.3, 0.4) is 0 Å². The van der Waals surface area contributed by atoms with Crippen molar-refractivity contribution in [1.29, 1.82) is 0 Å². The molecule has 0 aliphatic rings. The predicted octanol–water partition coefficient (Wildman–Crippen LogP) is 4.04. The number of anilines is 2. The molecule has 2 N–H and O–H groups in total. The maximum atomic E-state index is 13.5. The Morgan fingerprint density at radius 1 is 1.10 bits per heavy atom. The molecule has 0 bridgehead atoms. The Bertz CT molecular complexity index is 627. The van der Waals surface area contributed by atoms with E-state index < -0.39 is 17.5 Å². The maximum absolute atomic E-state index is 13.5. The number of hydrogen-bond donors (Lipinski definition) is 2. The van der Waals surface area contributed by atoms with Gasteiger partial charge >= 0.3 is 0 Å². The second-order valence-electron chi connectivity index (χ2n) is 4.58. The molecule has 0 radical (unpaired) electrons. The van der Waals surface area contributed by atoms with Gasteiger partial charge in [0.2, 0.25) is 0 Å². The van der Waals surface area contributed by atoms with Gasteiger partial charge in [0.25, 0.3) is 5.91 Å². The summed E-state index contributed by atoms with van der Waals surface area (Å²) in [5.41, 5.74) is 1.27. The summed E-state index contributed by atoms with van der Waals surface area (Å²) in [5.74, 6) is -1.93. The van der Waals surface area contributed by atoms with Crippen LogP contribution < -0.4 is 10.6 Å². The van der Waals surface area contributed by atoms with E-state index in [1.54, 1.807) is 24.3 Å². The predicted molar refractivity (Wildman–Crippen MR) is 79.5 cm³/mol. The smallest absolute Gasteiger partial charge is 0.255 e. The van der Waals surface area contributed by atoms with Gasteiger partial charge in [-0.05, 0) is 42.8 Å². The van der Waals surface area contributed by atoms with Gasteiger partial charge in [0.05, 0.1) is 5.69 Å². The van der Waals surface area contributed by atoms with Crippen LogP contribution in [0.2, 0.25) is 0 Å². The molecule has 0 unspecified atom stereocenters. The number of nitrogens with one attached hydrogen (secondary N) is 2. The van der Waals surface area contributed by atoms with Crippen LogP contribution in [0.15, 0.2) is 42.5 Å². The molecule has 2 aromatic carbocycles. The van der Waals surface area contributed by atoms with E-state index in [1.807, 2.05) is 0 Å². The van der Waals surface area contributed by atoms with Crippen molar-refractivity contribution in [3.05, 3.63) is 59.7 Å². The second-order valence-corrected chi connectivity index (χ2v) is 4.58. The van der Waals surface area contributed by atoms with Crippen molar-refractivity contribution in [2.75, 3.05) is 17.2 Å². The topological polar surface area (TPSA) is 41.1 Å². The third-order valence-electron chi connectivity index (χ3n) is 2.91. The van der Waals surface area contributed by atoms with Gasteiger partial charge in [-0.15, -0.1) is 0 Å². The van der Waals surface area contributed by atoms with Crippen molar-refractivity contribution >= 4 is 17.3 Å². The zero-order valence-electron chi connectivity index (χ0n) is 11.6. The summed E-state index contributed by atoms with van der Waals surface area (Å²) in [5, 5.41) is 5.61. The van der Waals surface area contributed by atoms with Crippen LogP contribution in [0.5, 0.6) is 0 Å². The fourth-order valence-corrected chi connectivity index (χ4v) is 1.79. The molecule has 0 aliphatic heterocycles. The van der Waals surface area contributed by atoms with Gasteiger partial charge in [0.1, 0.15) is 11.6 Å². The molecule has 5 heteroatoms. The molecule has 21 heavy (non-hydrogen) atoms. The van der Waals surface area contributed by atoms with Crippen LogP contribution in [0, 0.1) is 11.6 Å². The van der Waals surface area contributed by atoms with Gasteiger partial charge in [-0.25, -0.2) is 8.78 Å². The van der Waals surface area contributed by atoms with Gasteiger partial charge in [-0.3, -0.25) is 4.79 Å². The highest BCUT2D eigenvalue weighted by Crippen LogP contribution is 2.17. The molecule has 0 aromatic heterocycles. The summed E-state index contributed by atoms with van der Waals surface area (Å²) in [4.78, 5) is 12.0. The number of hydrogen-bond acceptors (Lipinski definition) is 2. The first-order valence-corrected chi connectivity index (χ1v) is 6.70. The molecule has 3 nitrogen and oxygen atoms in total. The monoisotopic (exact) mass is 290 g/mol. The molecule has 2 rings (SSSR count). The first-order chi connectivity index (χ1) is 10.1. The average Bonchev–Trinajstić information content (AvgIpc) is 2.48. The highest BCUT2D eigenvalue weighted by Gasteiger charge is 2.10. The highest BCUT2D eigenvalue weighted by atomic mass is 19.1. The average molecular weight is 290 g/mol. The number of amides is 1. The second kappa shape index (κ2) is 6.83.